The summed E-state index contributed by atoms with van der Waals surface area (Å²) in [6, 6.07) is 11.5. The van der Waals surface area contributed by atoms with Gasteiger partial charge in [0.15, 0.2) is 11.3 Å². The normalized spacial score (nSPS) is 11.4. The lowest BCUT2D eigenvalue weighted by Gasteiger charge is -2.04. The number of hydrogen-bond donors (Lipinski definition) is 1. The molecule has 1 aromatic heterocycles. The number of nitrogens with zero attached hydrogens (tertiary/aromatic N) is 2. The van der Waals surface area contributed by atoms with E-state index in [4.69, 9.17) is 16.0 Å². The maximum atomic E-state index is 11.6. The van der Waals surface area contributed by atoms with Crippen molar-refractivity contribution in [2.75, 3.05) is 0 Å². The zero-order valence-corrected chi connectivity index (χ0v) is 12.3. The first kappa shape index (κ1) is 14.3. The number of azo groups is 1. The molecule has 3 rings (SSSR count). The summed E-state index contributed by atoms with van der Waals surface area (Å²) in [4.78, 5) is 11.6. The van der Waals surface area contributed by atoms with Gasteiger partial charge in [0.05, 0.1) is 5.02 Å². The minimum Gasteiger partial charge on any atom is -0.505 e. The zero-order chi connectivity index (χ0) is 15.7. The summed E-state index contributed by atoms with van der Waals surface area (Å²) in [5.74, 6) is -0.128. The standard InChI is InChI=1S/C16H11ClN2O3/c1-9-8-14(21)22-16-10(9)6-7-13(20)15(16)19-18-12-5-3-2-4-11(12)17/h2-8,20H,1H3/b19-18+. The molecule has 0 amide bonds. The molecule has 22 heavy (non-hydrogen) atoms. The Morgan fingerprint density at radius 2 is 1.91 bits per heavy atom. The van der Waals surface area contributed by atoms with Crippen molar-refractivity contribution >= 4 is 33.9 Å². The van der Waals surface area contributed by atoms with Crippen LogP contribution >= 0.6 is 11.6 Å². The summed E-state index contributed by atoms with van der Waals surface area (Å²) in [6.07, 6.45) is 0. The topological polar surface area (TPSA) is 75.2 Å². The third-order valence-electron chi connectivity index (χ3n) is 3.18. The van der Waals surface area contributed by atoms with Crippen molar-refractivity contribution in [3.63, 3.8) is 0 Å². The maximum absolute atomic E-state index is 11.6. The van der Waals surface area contributed by atoms with E-state index in [1.165, 1.54) is 12.1 Å². The van der Waals surface area contributed by atoms with Gasteiger partial charge in [0.25, 0.3) is 0 Å². The quantitative estimate of drug-likeness (QED) is 0.541. The lowest BCUT2D eigenvalue weighted by atomic mass is 10.1. The Morgan fingerprint density at radius 1 is 1.14 bits per heavy atom. The van der Waals surface area contributed by atoms with Gasteiger partial charge in [0, 0.05) is 11.5 Å². The maximum Gasteiger partial charge on any atom is 0.336 e. The summed E-state index contributed by atoms with van der Waals surface area (Å²) < 4.78 is 5.17. The van der Waals surface area contributed by atoms with E-state index >= 15 is 0 Å². The number of benzene rings is 2. The van der Waals surface area contributed by atoms with Crippen LogP contribution in [0.3, 0.4) is 0 Å². The van der Waals surface area contributed by atoms with Gasteiger partial charge in [0.1, 0.15) is 11.4 Å². The summed E-state index contributed by atoms with van der Waals surface area (Å²) in [6.45, 7) is 1.78. The smallest absolute Gasteiger partial charge is 0.336 e. The lowest BCUT2D eigenvalue weighted by molar-refractivity contribution is 0.474. The van der Waals surface area contributed by atoms with Crippen LogP contribution in [0.2, 0.25) is 5.02 Å². The van der Waals surface area contributed by atoms with Crippen LogP contribution in [-0.4, -0.2) is 5.11 Å². The molecular formula is C16H11ClN2O3. The monoisotopic (exact) mass is 314 g/mol. The summed E-state index contributed by atoms with van der Waals surface area (Å²) in [5, 5.41) is 19.1. The van der Waals surface area contributed by atoms with E-state index in [0.717, 1.165) is 5.56 Å². The van der Waals surface area contributed by atoms with Crippen molar-refractivity contribution in [3.05, 3.63) is 63.5 Å². The van der Waals surface area contributed by atoms with E-state index < -0.39 is 5.63 Å². The Balaban J connectivity index is 2.20. The van der Waals surface area contributed by atoms with Gasteiger partial charge in [-0.3, -0.25) is 0 Å². The highest BCUT2D eigenvalue weighted by molar-refractivity contribution is 6.32. The van der Waals surface area contributed by atoms with Crippen LogP contribution in [-0.2, 0) is 0 Å². The van der Waals surface area contributed by atoms with E-state index in [1.54, 1.807) is 37.3 Å². The van der Waals surface area contributed by atoms with Gasteiger partial charge in [0.2, 0.25) is 0 Å². The van der Waals surface area contributed by atoms with Crippen LogP contribution in [0.15, 0.2) is 61.9 Å². The molecule has 1 heterocycles. The predicted molar refractivity (Wildman–Crippen MR) is 84.5 cm³/mol. The molecule has 0 unspecified atom stereocenters. The van der Waals surface area contributed by atoms with E-state index in [9.17, 15) is 9.90 Å². The Labute approximate surface area is 130 Å². The van der Waals surface area contributed by atoms with Gasteiger partial charge >= 0.3 is 5.63 Å². The van der Waals surface area contributed by atoms with Crippen molar-refractivity contribution in [1.29, 1.82) is 0 Å². The SMILES string of the molecule is Cc1cc(=O)oc2c(/N=N/c3ccccc3Cl)c(O)ccc12. The van der Waals surface area contributed by atoms with Crippen LogP contribution in [0, 0.1) is 6.92 Å². The van der Waals surface area contributed by atoms with Crippen LogP contribution in [0.5, 0.6) is 5.75 Å². The molecular weight excluding hydrogens is 304 g/mol. The van der Waals surface area contributed by atoms with Crippen molar-refractivity contribution in [2.24, 2.45) is 10.2 Å². The van der Waals surface area contributed by atoms with Gasteiger partial charge in [-0.15, -0.1) is 10.2 Å². The van der Waals surface area contributed by atoms with Crippen molar-refractivity contribution in [3.8, 4) is 5.75 Å². The Morgan fingerprint density at radius 3 is 2.68 bits per heavy atom. The second-order valence-electron chi connectivity index (χ2n) is 4.71. The molecule has 6 heteroatoms. The van der Waals surface area contributed by atoms with Crippen molar-refractivity contribution in [2.45, 2.75) is 6.92 Å². The molecule has 0 bridgehead atoms. The summed E-state index contributed by atoms with van der Waals surface area (Å²) >= 11 is 6.01. The molecule has 0 aliphatic heterocycles. The van der Waals surface area contributed by atoms with Crippen molar-refractivity contribution < 1.29 is 9.52 Å². The molecule has 0 spiro atoms. The largest absolute Gasteiger partial charge is 0.505 e. The fourth-order valence-electron chi connectivity index (χ4n) is 2.09. The second kappa shape index (κ2) is 5.61. The Hall–Kier alpha value is -2.66. The zero-order valence-electron chi connectivity index (χ0n) is 11.6. The molecule has 0 aliphatic rings. The molecule has 5 nitrogen and oxygen atoms in total. The number of rotatable bonds is 2. The molecule has 3 aromatic rings. The second-order valence-corrected chi connectivity index (χ2v) is 5.12. The molecule has 0 saturated heterocycles. The number of aromatic hydroxyl groups is 1. The molecule has 0 radical (unpaired) electrons. The number of aryl methyl sites for hydroxylation is 1. The van der Waals surface area contributed by atoms with Crippen LogP contribution in [0.25, 0.3) is 11.0 Å². The van der Waals surface area contributed by atoms with Gasteiger partial charge in [-0.25, -0.2) is 4.79 Å². The van der Waals surface area contributed by atoms with Gasteiger partial charge in [-0.1, -0.05) is 23.7 Å². The third-order valence-corrected chi connectivity index (χ3v) is 3.50. The van der Waals surface area contributed by atoms with Crippen molar-refractivity contribution in [1.82, 2.24) is 0 Å². The number of phenolic OH excluding ortho intramolecular Hbond substituents is 1. The minimum atomic E-state index is -0.509. The number of halogens is 1. The average molecular weight is 315 g/mol. The highest BCUT2D eigenvalue weighted by Gasteiger charge is 2.12. The number of hydrogen-bond acceptors (Lipinski definition) is 5. The third kappa shape index (κ3) is 2.58. The van der Waals surface area contributed by atoms with E-state index in [1.807, 2.05) is 0 Å². The summed E-state index contributed by atoms with van der Waals surface area (Å²) in [7, 11) is 0. The molecule has 0 saturated carbocycles. The molecule has 1 N–H and O–H groups in total. The van der Waals surface area contributed by atoms with Gasteiger partial charge in [-0.2, -0.15) is 0 Å². The molecule has 110 valence electrons. The fourth-order valence-corrected chi connectivity index (χ4v) is 2.27. The average Bonchev–Trinajstić information content (AvgIpc) is 2.47. The number of fused-ring (bicyclic) bond motifs is 1. The molecule has 2 aromatic carbocycles. The lowest BCUT2D eigenvalue weighted by Crippen LogP contribution is -1.97. The Bertz CT molecular complexity index is 948. The van der Waals surface area contributed by atoms with Crippen LogP contribution < -0.4 is 5.63 Å². The molecule has 0 atom stereocenters. The highest BCUT2D eigenvalue weighted by Crippen LogP contribution is 2.37. The number of phenols is 1. The first-order valence-electron chi connectivity index (χ1n) is 6.49. The van der Waals surface area contributed by atoms with Crippen LogP contribution in [0.4, 0.5) is 11.4 Å². The first-order valence-corrected chi connectivity index (χ1v) is 6.87. The van der Waals surface area contributed by atoms with E-state index in [0.29, 0.717) is 16.1 Å². The summed E-state index contributed by atoms with van der Waals surface area (Å²) in [5.41, 5.74) is 0.972. The highest BCUT2D eigenvalue weighted by atomic mass is 35.5. The van der Waals surface area contributed by atoms with E-state index in [-0.39, 0.29) is 17.0 Å². The Kier molecular flexibility index (Phi) is 3.65. The van der Waals surface area contributed by atoms with E-state index in [2.05, 4.69) is 10.2 Å². The minimum absolute atomic E-state index is 0.0956. The van der Waals surface area contributed by atoms with Crippen LogP contribution in [0.1, 0.15) is 5.56 Å². The first-order chi connectivity index (χ1) is 10.6. The predicted octanol–water partition coefficient (Wildman–Crippen LogP) is 4.88. The molecule has 0 aliphatic carbocycles. The molecule has 0 fully saturated rings. The van der Waals surface area contributed by atoms with Gasteiger partial charge in [-0.05, 0) is 36.8 Å². The van der Waals surface area contributed by atoms with Gasteiger partial charge < -0.3 is 9.52 Å². The fraction of sp³-hybridized carbons (Fsp3) is 0.0625.